The van der Waals surface area contributed by atoms with Gasteiger partial charge in [-0.05, 0) is 48.4 Å². The summed E-state index contributed by atoms with van der Waals surface area (Å²) >= 11 is 1.55. The van der Waals surface area contributed by atoms with E-state index in [0.29, 0.717) is 19.5 Å². The van der Waals surface area contributed by atoms with E-state index < -0.39 is 11.9 Å². The highest BCUT2D eigenvalue weighted by Crippen LogP contribution is 2.40. The Kier molecular flexibility index (Phi) is 3.88. The highest BCUT2D eigenvalue weighted by molar-refractivity contribution is 7.17. The Balaban J connectivity index is 1.61. The third-order valence-corrected chi connectivity index (χ3v) is 6.20. The topological polar surface area (TPSA) is 57.6 Å². The van der Waals surface area contributed by atoms with Gasteiger partial charge >= 0.3 is 5.97 Å². The number of hydrogen-bond donors (Lipinski definition) is 1. The van der Waals surface area contributed by atoms with Crippen LogP contribution < -0.4 is 0 Å². The number of hydrogen-bond acceptors (Lipinski definition) is 3. The molecule has 2 heterocycles. The molecule has 1 aliphatic heterocycles. The first-order valence-corrected chi connectivity index (χ1v) is 9.18. The Labute approximate surface area is 144 Å². The van der Waals surface area contributed by atoms with Crippen LogP contribution in [0.15, 0.2) is 30.3 Å². The zero-order valence-electron chi connectivity index (χ0n) is 13.3. The second-order valence-corrected chi connectivity index (χ2v) is 7.60. The van der Waals surface area contributed by atoms with E-state index in [-0.39, 0.29) is 5.91 Å². The van der Waals surface area contributed by atoms with Crippen LogP contribution in [0.1, 0.15) is 33.6 Å². The van der Waals surface area contributed by atoms with E-state index in [1.54, 1.807) is 16.2 Å². The lowest BCUT2D eigenvalue weighted by molar-refractivity contribution is -0.143. The van der Waals surface area contributed by atoms with Gasteiger partial charge in [0, 0.05) is 18.0 Å². The number of aliphatic carboxylic acids is 1. The van der Waals surface area contributed by atoms with Crippen molar-refractivity contribution in [2.45, 2.75) is 25.7 Å². The quantitative estimate of drug-likeness (QED) is 0.910. The van der Waals surface area contributed by atoms with Crippen LogP contribution in [0.25, 0.3) is 10.4 Å². The molecule has 1 saturated heterocycles. The first-order chi connectivity index (χ1) is 11.6. The lowest BCUT2D eigenvalue weighted by atomic mass is 9.91. The molecule has 1 atom stereocenters. The molecule has 1 amide bonds. The molecule has 124 valence electrons. The van der Waals surface area contributed by atoms with Crippen molar-refractivity contribution in [1.82, 2.24) is 4.90 Å². The summed E-state index contributed by atoms with van der Waals surface area (Å²) in [5, 5.41) is 9.21. The van der Waals surface area contributed by atoms with Gasteiger partial charge in [-0.3, -0.25) is 9.59 Å². The van der Waals surface area contributed by atoms with Crippen molar-refractivity contribution in [3.63, 3.8) is 0 Å². The van der Waals surface area contributed by atoms with E-state index in [1.165, 1.54) is 21.6 Å². The van der Waals surface area contributed by atoms with Crippen LogP contribution in [0.2, 0.25) is 0 Å². The van der Waals surface area contributed by atoms with Crippen LogP contribution in [0, 0.1) is 5.92 Å². The highest BCUT2D eigenvalue weighted by atomic mass is 32.1. The third-order valence-electron chi connectivity index (χ3n) is 5.00. The number of thiophene rings is 1. The molecular weight excluding hydrogens is 322 g/mol. The lowest BCUT2D eigenvalue weighted by Gasteiger charge is -2.30. The molecule has 1 aromatic carbocycles. The highest BCUT2D eigenvalue weighted by Gasteiger charge is 2.30. The van der Waals surface area contributed by atoms with Crippen molar-refractivity contribution >= 4 is 23.2 Å². The SMILES string of the molecule is O=C(O)C1CCCN(C(=O)c2cc3c(s2)-c2ccccc2CC3)C1. The number of amides is 1. The molecule has 4 nitrogen and oxygen atoms in total. The van der Waals surface area contributed by atoms with Gasteiger partial charge in [-0.15, -0.1) is 11.3 Å². The molecule has 0 bridgehead atoms. The average Bonchev–Trinajstić information content (AvgIpc) is 3.06. The van der Waals surface area contributed by atoms with E-state index in [9.17, 15) is 14.7 Å². The summed E-state index contributed by atoms with van der Waals surface area (Å²) in [7, 11) is 0. The molecule has 24 heavy (non-hydrogen) atoms. The molecule has 0 spiro atoms. The monoisotopic (exact) mass is 341 g/mol. The standard InChI is InChI=1S/C19H19NO3S/c21-18(20-9-3-5-14(11-20)19(22)23)16-10-13-8-7-12-4-1-2-6-15(12)17(13)24-16/h1-2,4,6,10,14H,3,5,7-9,11H2,(H,22,23). The Morgan fingerprint density at radius 2 is 1.96 bits per heavy atom. The minimum Gasteiger partial charge on any atom is -0.481 e. The molecule has 0 radical (unpaired) electrons. The van der Waals surface area contributed by atoms with E-state index in [4.69, 9.17) is 0 Å². The van der Waals surface area contributed by atoms with Gasteiger partial charge in [-0.2, -0.15) is 0 Å². The van der Waals surface area contributed by atoms with Crippen LogP contribution >= 0.6 is 11.3 Å². The number of aryl methyl sites for hydroxylation is 2. The third kappa shape index (κ3) is 2.63. The minimum absolute atomic E-state index is 0.0159. The Bertz CT molecular complexity index is 811. The van der Waals surface area contributed by atoms with Crippen molar-refractivity contribution in [1.29, 1.82) is 0 Å². The van der Waals surface area contributed by atoms with Gasteiger partial charge in [0.15, 0.2) is 0 Å². The lowest BCUT2D eigenvalue weighted by Crippen LogP contribution is -2.42. The fourth-order valence-electron chi connectivity index (χ4n) is 3.70. The first kappa shape index (κ1) is 15.4. The molecule has 0 saturated carbocycles. The summed E-state index contributed by atoms with van der Waals surface area (Å²) in [4.78, 5) is 27.7. The van der Waals surface area contributed by atoms with Gasteiger partial charge in [0.2, 0.25) is 0 Å². The van der Waals surface area contributed by atoms with Crippen molar-refractivity contribution in [3.8, 4) is 10.4 Å². The number of nitrogens with zero attached hydrogens (tertiary/aromatic N) is 1. The number of carbonyl (C=O) groups excluding carboxylic acids is 1. The Morgan fingerprint density at radius 1 is 1.17 bits per heavy atom. The fraction of sp³-hybridized carbons (Fsp3) is 0.368. The number of benzene rings is 1. The Morgan fingerprint density at radius 3 is 2.79 bits per heavy atom. The van der Waals surface area contributed by atoms with Gasteiger partial charge < -0.3 is 10.0 Å². The number of piperidine rings is 1. The normalized spacial score (nSPS) is 19.5. The number of fused-ring (bicyclic) bond motifs is 3. The van der Waals surface area contributed by atoms with Crippen LogP contribution in [0.4, 0.5) is 0 Å². The maximum atomic E-state index is 12.8. The summed E-state index contributed by atoms with van der Waals surface area (Å²) in [5.41, 5.74) is 3.83. The predicted octanol–water partition coefficient (Wildman–Crippen LogP) is 3.45. The maximum absolute atomic E-state index is 12.8. The van der Waals surface area contributed by atoms with Crippen molar-refractivity contribution in [2.75, 3.05) is 13.1 Å². The maximum Gasteiger partial charge on any atom is 0.308 e. The van der Waals surface area contributed by atoms with Gasteiger partial charge in [0.25, 0.3) is 5.91 Å². The van der Waals surface area contributed by atoms with Crippen molar-refractivity contribution < 1.29 is 14.7 Å². The number of rotatable bonds is 2. The zero-order valence-corrected chi connectivity index (χ0v) is 14.1. The molecule has 5 heteroatoms. The van der Waals surface area contributed by atoms with Gasteiger partial charge in [-0.25, -0.2) is 0 Å². The fourth-order valence-corrected chi connectivity index (χ4v) is 4.93. The molecule has 1 N–H and O–H groups in total. The molecule has 2 aromatic rings. The molecule has 4 rings (SSSR count). The Hall–Kier alpha value is -2.14. The number of likely N-dealkylation sites (tertiary alicyclic amines) is 1. The average molecular weight is 341 g/mol. The van der Waals surface area contributed by atoms with E-state index >= 15 is 0 Å². The molecule has 1 aromatic heterocycles. The van der Waals surface area contributed by atoms with E-state index in [1.807, 2.05) is 12.1 Å². The predicted molar refractivity (Wildman–Crippen MR) is 93.4 cm³/mol. The number of carboxylic acids is 1. The molecule has 1 unspecified atom stereocenters. The number of carboxylic acid groups (broad SMARTS) is 1. The minimum atomic E-state index is -0.799. The number of carbonyl (C=O) groups is 2. The van der Waals surface area contributed by atoms with Crippen LogP contribution in [-0.2, 0) is 17.6 Å². The van der Waals surface area contributed by atoms with E-state index in [2.05, 4.69) is 18.2 Å². The van der Waals surface area contributed by atoms with Crippen LogP contribution in [0.5, 0.6) is 0 Å². The summed E-state index contributed by atoms with van der Waals surface area (Å²) in [6, 6.07) is 10.4. The summed E-state index contributed by atoms with van der Waals surface area (Å²) in [6.07, 6.45) is 3.40. The molecule has 1 fully saturated rings. The molecule has 1 aliphatic carbocycles. The van der Waals surface area contributed by atoms with Crippen LogP contribution in [0.3, 0.4) is 0 Å². The summed E-state index contributed by atoms with van der Waals surface area (Å²) in [6.45, 7) is 0.981. The second-order valence-electron chi connectivity index (χ2n) is 6.55. The molecular formula is C19H19NO3S. The van der Waals surface area contributed by atoms with Crippen molar-refractivity contribution in [3.05, 3.63) is 46.3 Å². The van der Waals surface area contributed by atoms with Crippen molar-refractivity contribution in [2.24, 2.45) is 5.92 Å². The molecule has 2 aliphatic rings. The van der Waals surface area contributed by atoms with Gasteiger partial charge in [0.05, 0.1) is 10.8 Å². The largest absolute Gasteiger partial charge is 0.481 e. The summed E-state index contributed by atoms with van der Waals surface area (Å²) in [5.74, 6) is -1.25. The van der Waals surface area contributed by atoms with Gasteiger partial charge in [0.1, 0.15) is 0 Å². The van der Waals surface area contributed by atoms with E-state index in [0.717, 1.165) is 24.1 Å². The van der Waals surface area contributed by atoms with Gasteiger partial charge in [-0.1, -0.05) is 24.3 Å². The van der Waals surface area contributed by atoms with Crippen LogP contribution in [-0.4, -0.2) is 35.0 Å². The second kappa shape index (κ2) is 6.06. The first-order valence-electron chi connectivity index (χ1n) is 8.36. The smallest absolute Gasteiger partial charge is 0.308 e. The summed E-state index contributed by atoms with van der Waals surface area (Å²) < 4.78 is 0. The zero-order chi connectivity index (χ0) is 16.7.